The second-order valence-corrected chi connectivity index (χ2v) is 6.83. The van der Waals surface area contributed by atoms with Crippen molar-refractivity contribution in [1.29, 1.82) is 0 Å². The number of aromatic nitrogens is 1. The highest BCUT2D eigenvalue weighted by Crippen LogP contribution is 2.38. The minimum atomic E-state index is -4.83. The molecule has 1 aromatic carbocycles. The molecule has 164 valence electrons. The van der Waals surface area contributed by atoms with Crippen molar-refractivity contribution in [3.05, 3.63) is 35.5 Å². The molecule has 2 rings (SSSR count). The van der Waals surface area contributed by atoms with Gasteiger partial charge in [0.15, 0.2) is 0 Å². The molecule has 0 unspecified atom stereocenters. The Kier molecular flexibility index (Phi) is 7.14. The predicted molar refractivity (Wildman–Crippen MR) is 105 cm³/mol. The number of ether oxygens (including phenoxy) is 1. The highest BCUT2D eigenvalue weighted by atomic mass is 19.4. The molecule has 0 atom stereocenters. The first-order valence-electron chi connectivity index (χ1n) is 9.11. The Morgan fingerprint density at radius 1 is 1.30 bits per heavy atom. The molecule has 0 aliphatic heterocycles. The maximum Gasteiger partial charge on any atom is 0.573 e. The molecule has 1 N–H and O–H groups in total. The van der Waals surface area contributed by atoms with Gasteiger partial charge in [-0.25, -0.2) is 0 Å². The van der Waals surface area contributed by atoms with Crippen LogP contribution in [0, 0.1) is 6.92 Å². The largest absolute Gasteiger partial charge is 0.573 e. The molecule has 0 aliphatic rings. The molecule has 2 amide bonds. The van der Waals surface area contributed by atoms with Gasteiger partial charge in [-0.15, -0.1) is 13.2 Å². The molecule has 10 heteroatoms. The van der Waals surface area contributed by atoms with E-state index in [9.17, 15) is 22.8 Å². The van der Waals surface area contributed by atoms with Gasteiger partial charge >= 0.3 is 6.36 Å². The van der Waals surface area contributed by atoms with Crippen LogP contribution in [-0.2, 0) is 11.8 Å². The first kappa shape index (κ1) is 23.3. The average molecular weight is 427 g/mol. The molecule has 0 radical (unpaired) electrons. The van der Waals surface area contributed by atoms with Crippen molar-refractivity contribution in [3.8, 4) is 17.0 Å². The third-order valence-corrected chi connectivity index (χ3v) is 4.66. The number of halogens is 3. The third kappa shape index (κ3) is 4.93. The van der Waals surface area contributed by atoms with E-state index in [1.165, 1.54) is 35.0 Å². The van der Waals surface area contributed by atoms with Gasteiger partial charge < -0.3 is 24.2 Å². The summed E-state index contributed by atoms with van der Waals surface area (Å²) in [5.74, 6) is -0.773. The molecule has 0 aliphatic carbocycles. The molecule has 7 nitrogen and oxygen atoms in total. The van der Waals surface area contributed by atoms with Gasteiger partial charge in [-0.05, 0) is 31.0 Å². The van der Waals surface area contributed by atoms with Crippen molar-refractivity contribution in [2.45, 2.75) is 19.7 Å². The maximum absolute atomic E-state index is 13.1. The standard InChI is InChI=1S/C20H24F3N3O4/c1-13-16(14-7-5-8-15(11-14)30-20(21,22)23)26(4)18(17(13)25(3)12-28)19(29)24(2)9-6-10-27/h5,7-8,11-12,27H,6,9-10H2,1-4H3. The molecule has 1 aromatic heterocycles. The monoisotopic (exact) mass is 427 g/mol. The number of aliphatic hydroxyl groups excluding tert-OH is 1. The summed E-state index contributed by atoms with van der Waals surface area (Å²) in [6.45, 7) is 1.91. The van der Waals surface area contributed by atoms with Gasteiger partial charge in [-0.2, -0.15) is 0 Å². The first-order valence-corrected chi connectivity index (χ1v) is 9.11. The number of hydrogen-bond donors (Lipinski definition) is 1. The summed E-state index contributed by atoms with van der Waals surface area (Å²) in [5.41, 5.74) is 1.99. The van der Waals surface area contributed by atoms with Crippen LogP contribution >= 0.6 is 0 Å². The van der Waals surface area contributed by atoms with Crippen LogP contribution in [0.15, 0.2) is 24.3 Å². The number of rotatable bonds is 8. The van der Waals surface area contributed by atoms with Crippen LogP contribution in [0.25, 0.3) is 11.3 Å². The molecule has 0 saturated carbocycles. The number of amides is 2. The fourth-order valence-electron chi connectivity index (χ4n) is 3.38. The van der Waals surface area contributed by atoms with E-state index in [-0.39, 0.29) is 24.0 Å². The predicted octanol–water partition coefficient (Wildman–Crippen LogP) is 2.95. The van der Waals surface area contributed by atoms with Crippen LogP contribution in [0.1, 0.15) is 22.5 Å². The molecule has 0 fully saturated rings. The third-order valence-electron chi connectivity index (χ3n) is 4.66. The average Bonchev–Trinajstić information content (AvgIpc) is 2.93. The van der Waals surface area contributed by atoms with E-state index in [1.807, 2.05) is 0 Å². The number of aliphatic hydroxyl groups is 1. The van der Waals surface area contributed by atoms with Gasteiger partial charge in [0.1, 0.15) is 11.4 Å². The second-order valence-electron chi connectivity index (χ2n) is 6.83. The molecule has 2 aromatic rings. The highest BCUT2D eigenvalue weighted by Gasteiger charge is 2.32. The number of anilines is 1. The number of hydrogen-bond acceptors (Lipinski definition) is 4. The summed E-state index contributed by atoms with van der Waals surface area (Å²) < 4.78 is 43.4. The number of carbonyl (C=O) groups excluding carboxylic acids is 2. The van der Waals surface area contributed by atoms with Crippen LogP contribution in [0.3, 0.4) is 0 Å². The Balaban J connectivity index is 2.63. The van der Waals surface area contributed by atoms with E-state index >= 15 is 0 Å². The van der Waals surface area contributed by atoms with Gasteiger partial charge in [-0.3, -0.25) is 9.59 Å². The number of carbonyl (C=O) groups is 2. The van der Waals surface area contributed by atoms with Gasteiger partial charge in [0, 0.05) is 39.9 Å². The van der Waals surface area contributed by atoms with E-state index in [2.05, 4.69) is 4.74 Å². The quantitative estimate of drug-likeness (QED) is 0.658. The Bertz CT molecular complexity index is 925. The van der Waals surface area contributed by atoms with E-state index in [4.69, 9.17) is 5.11 Å². The van der Waals surface area contributed by atoms with Gasteiger partial charge in [0.05, 0.1) is 11.4 Å². The summed E-state index contributed by atoms with van der Waals surface area (Å²) in [6.07, 6.45) is -3.89. The summed E-state index contributed by atoms with van der Waals surface area (Å²) in [4.78, 5) is 27.2. The van der Waals surface area contributed by atoms with Crippen molar-refractivity contribution in [1.82, 2.24) is 9.47 Å². The van der Waals surface area contributed by atoms with Crippen LogP contribution in [0.2, 0.25) is 0 Å². The number of nitrogens with zero attached hydrogens (tertiary/aromatic N) is 3. The van der Waals surface area contributed by atoms with Crippen LogP contribution in [-0.4, -0.2) is 60.5 Å². The van der Waals surface area contributed by atoms with Crippen LogP contribution < -0.4 is 9.64 Å². The summed E-state index contributed by atoms with van der Waals surface area (Å²) >= 11 is 0. The lowest BCUT2D eigenvalue weighted by Gasteiger charge is -2.20. The van der Waals surface area contributed by atoms with Crippen molar-refractivity contribution >= 4 is 18.0 Å². The SMILES string of the molecule is Cc1c(N(C)C=O)c(C(=O)N(C)CCCO)n(C)c1-c1cccc(OC(F)(F)F)c1. The van der Waals surface area contributed by atoms with E-state index in [1.54, 1.807) is 31.7 Å². The number of alkyl halides is 3. The van der Waals surface area contributed by atoms with Crippen molar-refractivity contribution < 1.29 is 32.6 Å². The smallest absolute Gasteiger partial charge is 0.406 e. The van der Waals surface area contributed by atoms with E-state index in [0.29, 0.717) is 41.9 Å². The summed E-state index contributed by atoms with van der Waals surface area (Å²) in [5, 5.41) is 9.02. The molecule has 0 saturated heterocycles. The lowest BCUT2D eigenvalue weighted by Crippen LogP contribution is -2.31. The maximum atomic E-state index is 13.1. The molecular formula is C20H24F3N3O4. The summed E-state index contributed by atoms with van der Waals surface area (Å²) in [7, 11) is 4.67. The minimum Gasteiger partial charge on any atom is -0.406 e. The van der Waals surface area contributed by atoms with Gasteiger partial charge in [0.25, 0.3) is 5.91 Å². The molecule has 30 heavy (non-hydrogen) atoms. The van der Waals surface area contributed by atoms with Crippen LogP contribution in [0.4, 0.5) is 18.9 Å². The Morgan fingerprint density at radius 3 is 2.53 bits per heavy atom. The van der Waals surface area contributed by atoms with Crippen LogP contribution in [0.5, 0.6) is 5.75 Å². The van der Waals surface area contributed by atoms with Crippen molar-refractivity contribution in [2.24, 2.45) is 7.05 Å². The second kappa shape index (κ2) is 9.21. The molecule has 1 heterocycles. The molecular weight excluding hydrogens is 403 g/mol. The lowest BCUT2D eigenvalue weighted by molar-refractivity contribution is -0.274. The zero-order chi connectivity index (χ0) is 22.6. The fraction of sp³-hybridized carbons (Fsp3) is 0.400. The lowest BCUT2D eigenvalue weighted by atomic mass is 10.1. The number of benzene rings is 1. The topological polar surface area (TPSA) is 75.0 Å². The minimum absolute atomic E-state index is 0.0812. The zero-order valence-corrected chi connectivity index (χ0v) is 17.2. The van der Waals surface area contributed by atoms with Gasteiger partial charge in [-0.1, -0.05) is 12.1 Å². The first-order chi connectivity index (χ1) is 14.0. The van der Waals surface area contributed by atoms with Crippen molar-refractivity contribution in [2.75, 3.05) is 32.1 Å². The van der Waals surface area contributed by atoms with Crippen molar-refractivity contribution in [3.63, 3.8) is 0 Å². The Hall–Kier alpha value is -3.01. The molecule has 0 bridgehead atoms. The normalized spacial score (nSPS) is 11.3. The highest BCUT2D eigenvalue weighted by molar-refractivity contribution is 6.03. The van der Waals surface area contributed by atoms with E-state index < -0.39 is 6.36 Å². The molecule has 0 spiro atoms. The van der Waals surface area contributed by atoms with Gasteiger partial charge in [0.2, 0.25) is 6.41 Å². The summed E-state index contributed by atoms with van der Waals surface area (Å²) in [6, 6.07) is 5.42. The Labute approximate surface area is 172 Å². The van der Waals surface area contributed by atoms with E-state index in [0.717, 1.165) is 0 Å². The zero-order valence-electron chi connectivity index (χ0n) is 17.2. The Morgan fingerprint density at radius 2 is 1.97 bits per heavy atom. The fourth-order valence-corrected chi connectivity index (χ4v) is 3.38.